The van der Waals surface area contributed by atoms with Crippen LogP contribution < -0.4 is 20.9 Å². The number of benzene rings is 1. The van der Waals surface area contributed by atoms with E-state index >= 15 is 0 Å². The van der Waals surface area contributed by atoms with Crippen molar-refractivity contribution in [1.82, 2.24) is 16.2 Å². The standard InChI is InChI=1S/C16H22BrN3O2S/c17-12-7-9-14(10-8-12)22-11-3-6-15(21)19-20-16(23)18-13-4-1-2-5-13/h7-10,13H,1-6,11H2,(H,19,21)(H2,18,20,23). The first-order chi connectivity index (χ1) is 11.1. The number of hydrogen-bond donors (Lipinski definition) is 3. The van der Waals surface area contributed by atoms with Gasteiger partial charge in [-0.05, 0) is 55.7 Å². The highest BCUT2D eigenvalue weighted by atomic mass is 79.9. The summed E-state index contributed by atoms with van der Waals surface area (Å²) in [7, 11) is 0. The molecule has 0 atom stereocenters. The number of hydrazine groups is 1. The number of nitrogens with one attached hydrogen (secondary N) is 3. The van der Waals surface area contributed by atoms with Crippen molar-refractivity contribution in [2.24, 2.45) is 0 Å². The minimum Gasteiger partial charge on any atom is -0.494 e. The molecular formula is C16H22BrN3O2S. The highest BCUT2D eigenvalue weighted by Crippen LogP contribution is 2.17. The molecule has 0 spiro atoms. The number of hydrogen-bond acceptors (Lipinski definition) is 3. The van der Waals surface area contributed by atoms with Gasteiger partial charge < -0.3 is 10.1 Å². The molecule has 0 radical (unpaired) electrons. The lowest BCUT2D eigenvalue weighted by atomic mass is 10.3. The van der Waals surface area contributed by atoms with Gasteiger partial charge in [-0.25, -0.2) is 0 Å². The molecule has 1 aliphatic carbocycles. The fourth-order valence-corrected chi connectivity index (χ4v) is 2.92. The van der Waals surface area contributed by atoms with Gasteiger partial charge >= 0.3 is 0 Å². The summed E-state index contributed by atoms with van der Waals surface area (Å²) < 4.78 is 6.58. The van der Waals surface area contributed by atoms with Crippen molar-refractivity contribution in [3.8, 4) is 5.75 Å². The number of amides is 1. The van der Waals surface area contributed by atoms with Crippen LogP contribution in [0.2, 0.25) is 0 Å². The first-order valence-corrected chi connectivity index (χ1v) is 9.07. The molecule has 2 rings (SSSR count). The number of ether oxygens (including phenoxy) is 1. The summed E-state index contributed by atoms with van der Waals surface area (Å²) in [4.78, 5) is 11.7. The third-order valence-electron chi connectivity index (χ3n) is 3.64. The number of rotatable bonds is 6. The Bertz CT molecular complexity index is 519. The molecule has 23 heavy (non-hydrogen) atoms. The number of halogens is 1. The first-order valence-electron chi connectivity index (χ1n) is 7.87. The van der Waals surface area contributed by atoms with Crippen molar-refractivity contribution >= 4 is 39.2 Å². The van der Waals surface area contributed by atoms with Gasteiger partial charge in [-0.2, -0.15) is 0 Å². The van der Waals surface area contributed by atoms with E-state index in [1.54, 1.807) is 0 Å². The van der Waals surface area contributed by atoms with Crippen molar-refractivity contribution < 1.29 is 9.53 Å². The largest absolute Gasteiger partial charge is 0.494 e. The van der Waals surface area contributed by atoms with E-state index in [2.05, 4.69) is 32.1 Å². The van der Waals surface area contributed by atoms with E-state index in [4.69, 9.17) is 17.0 Å². The molecular weight excluding hydrogens is 378 g/mol. The Morgan fingerprint density at radius 1 is 1.22 bits per heavy atom. The van der Waals surface area contributed by atoms with Gasteiger partial charge in [0.1, 0.15) is 5.75 Å². The van der Waals surface area contributed by atoms with Crippen molar-refractivity contribution in [1.29, 1.82) is 0 Å². The van der Waals surface area contributed by atoms with Crippen molar-refractivity contribution in [2.45, 2.75) is 44.6 Å². The van der Waals surface area contributed by atoms with Crippen LogP contribution >= 0.6 is 28.1 Å². The first kappa shape index (κ1) is 18.0. The molecule has 0 saturated heterocycles. The molecule has 5 nitrogen and oxygen atoms in total. The van der Waals surface area contributed by atoms with Gasteiger partial charge in [-0.15, -0.1) is 0 Å². The number of carbonyl (C=O) groups excluding carboxylic acids is 1. The molecule has 3 N–H and O–H groups in total. The minimum atomic E-state index is -0.0972. The van der Waals surface area contributed by atoms with E-state index in [1.807, 2.05) is 24.3 Å². The smallest absolute Gasteiger partial charge is 0.238 e. The lowest BCUT2D eigenvalue weighted by molar-refractivity contribution is -0.121. The maximum Gasteiger partial charge on any atom is 0.238 e. The summed E-state index contributed by atoms with van der Waals surface area (Å²) in [6.07, 6.45) is 5.80. The Hall–Kier alpha value is -1.34. The average molecular weight is 400 g/mol. The molecule has 1 aromatic carbocycles. The highest BCUT2D eigenvalue weighted by Gasteiger charge is 2.15. The second kappa shape index (κ2) is 9.72. The zero-order valence-electron chi connectivity index (χ0n) is 12.9. The van der Waals surface area contributed by atoms with Crippen LogP contribution in [0.3, 0.4) is 0 Å². The molecule has 1 aromatic rings. The normalized spacial score (nSPS) is 14.3. The van der Waals surface area contributed by atoms with E-state index in [1.165, 1.54) is 12.8 Å². The topological polar surface area (TPSA) is 62.4 Å². The van der Waals surface area contributed by atoms with Gasteiger partial charge in [-0.3, -0.25) is 15.6 Å². The summed E-state index contributed by atoms with van der Waals surface area (Å²) in [6, 6.07) is 8.05. The minimum absolute atomic E-state index is 0.0972. The van der Waals surface area contributed by atoms with Gasteiger partial charge in [0.25, 0.3) is 0 Å². The molecule has 0 aliphatic heterocycles. The van der Waals surface area contributed by atoms with Gasteiger partial charge in [-0.1, -0.05) is 28.8 Å². The second-order valence-electron chi connectivity index (χ2n) is 5.53. The quantitative estimate of drug-likeness (QED) is 0.389. The zero-order valence-corrected chi connectivity index (χ0v) is 15.3. The van der Waals surface area contributed by atoms with Crippen molar-refractivity contribution in [3.05, 3.63) is 28.7 Å². The molecule has 1 amide bonds. The highest BCUT2D eigenvalue weighted by molar-refractivity contribution is 9.10. The predicted molar refractivity (Wildman–Crippen MR) is 98.1 cm³/mol. The van der Waals surface area contributed by atoms with Crippen LogP contribution in [-0.4, -0.2) is 23.7 Å². The Balaban J connectivity index is 1.52. The SMILES string of the molecule is O=C(CCCOc1ccc(Br)cc1)NNC(=S)NC1CCCC1. The van der Waals surface area contributed by atoms with Gasteiger partial charge in [0, 0.05) is 16.9 Å². The maximum atomic E-state index is 11.7. The molecule has 0 bridgehead atoms. The van der Waals surface area contributed by atoms with Crippen LogP contribution in [0.15, 0.2) is 28.7 Å². The van der Waals surface area contributed by atoms with Gasteiger partial charge in [0.15, 0.2) is 5.11 Å². The van der Waals surface area contributed by atoms with Crippen LogP contribution in [0.5, 0.6) is 5.75 Å². The molecule has 0 heterocycles. The lowest BCUT2D eigenvalue weighted by Crippen LogP contribution is -2.49. The Morgan fingerprint density at radius 2 is 1.91 bits per heavy atom. The second-order valence-corrected chi connectivity index (χ2v) is 6.86. The molecule has 0 unspecified atom stereocenters. The fraction of sp³-hybridized carbons (Fsp3) is 0.500. The van der Waals surface area contributed by atoms with Crippen molar-refractivity contribution in [2.75, 3.05) is 6.61 Å². The molecule has 1 fully saturated rings. The summed E-state index contributed by atoms with van der Waals surface area (Å²) in [5, 5.41) is 3.69. The van der Waals surface area contributed by atoms with E-state index in [0.717, 1.165) is 23.1 Å². The number of thiocarbonyl (C=S) groups is 1. The summed E-state index contributed by atoms with van der Waals surface area (Å²) in [6.45, 7) is 0.500. The molecule has 7 heteroatoms. The van der Waals surface area contributed by atoms with E-state index in [-0.39, 0.29) is 5.91 Å². The third-order valence-corrected chi connectivity index (χ3v) is 4.38. The Morgan fingerprint density at radius 3 is 2.61 bits per heavy atom. The van der Waals surface area contributed by atoms with Crippen LogP contribution in [-0.2, 0) is 4.79 Å². The lowest BCUT2D eigenvalue weighted by Gasteiger charge is -2.16. The fourth-order valence-electron chi connectivity index (χ4n) is 2.43. The van der Waals surface area contributed by atoms with Crippen LogP contribution in [0.4, 0.5) is 0 Å². The summed E-state index contributed by atoms with van der Waals surface area (Å²) >= 11 is 8.52. The van der Waals surface area contributed by atoms with E-state index < -0.39 is 0 Å². The van der Waals surface area contributed by atoms with Crippen LogP contribution in [0.25, 0.3) is 0 Å². The van der Waals surface area contributed by atoms with Crippen LogP contribution in [0, 0.1) is 0 Å². The maximum absolute atomic E-state index is 11.7. The number of carbonyl (C=O) groups is 1. The van der Waals surface area contributed by atoms with Gasteiger partial charge in [0.2, 0.25) is 5.91 Å². The van der Waals surface area contributed by atoms with Crippen molar-refractivity contribution in [3.63, 3.8) is 0 Å². The summed E-state index contributed by atoms with van der Waals surface area (Å²) in [5.74, 6) is 0.702. The Kier molecular flexibility index (Phi) is 7.61. The molecule has 126 valence electrons. The zero-order chi connectivity index (χ0) is 16.5. The average Bonchev–Trinajstić information content (AvgIpc) is 3.04. The van der Waals surface area contributed by atoms with E-state index in [0.29, 0.717) is 30.6 Å². The molecule has 1 saturated carbocycles. The molecule has 0 aromatic heterocycles. The van der Waals surface area contributed by atoms with Gasteiger partial charge in [0.05, 0.1) is 6.61 Å². The summed E-state index contributed by atoms with van der Waals surface area (Å²) in [5.41, 5.74) is 5.36. The predicted octanol–water partition coefficient (Wildman–Crippen LogP) is 3.05. The third kappa shape index (κ3) is 7.18. The monoisotopic (exact) mass is 399 g/mol. The van der Waals surface area contributed by atoms with E-state index in [9.17, 15) is 4.79 Å². The molecule has 1 aliphatic rings. The van der Waals surface area contributed by atoms with Crippen LogP contribution in [0.1, 0.15) is 38.5 Å². The Labute approximate surface area is 150 Å².